The Balaban J connectivity index is 2.04. The van der Waals surface area contributed by atoms with Gasteiger partial charge in [0.15, 0.2) is 0 Å². The molecule has 6 heteroatoms. The Bertz CT molecular complexity index is 726. The lowest BCUT2D eigenvalue weighted by molar-refractivity contribution is -0.120. The molecule has 0 aliphatic rings. The second kappa shape index (κ2) is 8.67. The molecule has 0 bridgehead atoms. The highest BCUT2D eigenvalue weighted by atomic mass is 32.1. The first-order chi connectivity index (χ1) is 11.8. The Morgan fingerprint density at radius 3 is 2.56 bits per heavy atom. The number of carbonyl (C=O) groups is 2. The van der Waals surface area contributed by atoms with E-state index in [2.05, 4.69) is 10.6 Å². The van der Waals surface area contributed by atoms with Gasteiger partial charge >= 0.3 is 0 Å². The maximum absolute atomic E-state index is 12.4. The van der Waals surface area contributed by atoms with Crippen molar-refractivity contribution >= 4 is 28.8 Å². The first-order valence-electron chi connectivity index (χ1n) is 8.23. The Morgan fingerprint density at radius 2 is 2.00 bits per heavy atom. The molecule has 5 nitrogen and oxygen atoms in total. The number of nitrogens with one attached hydrogen (secondary N) is 2. The number of rotatable bonds is 7. The van der Waals surface area contributed by atoms with E-state index in [-0.39, 0.29) is 30.4 Å². The molecule has 1 atom stereocenters. The van der Waals surface area contributed by atoms with E-state index >= 15 is 0 Å². The highest BCUT2D eigenvalue weighted by Gasteiger charge is 2.18. The number of aryl methyl sites for hydroxylation is 1. The molecule has 0 saturated heterocycles. The molecule has 0 radical (unpaired) electrons. The Morgan fingerprint density at radius 1 is 1.24 bits per heavy atom. The van der Waals surface area contributed by atoms with Crippen molar-refractivity contribution < 1.29 is 14.3 Å². The molecule has 1 unspecified atom stereocenters. The van der Waals surface area contributed by atoms with Crippen LogP contribution in [0.15, 0.2) is 35.7 Å². The highest BCUT2D eigenvalue weighted by Crippen LogP contribution is 2.25. The standard InChI is InChI=1S/C19H24N2O3S/c1-12(2)24-15-7-8-16(13(3)10-15)21-19(23)11-17(20-14(4)22)18-6-5-9-25-18/h5-10,12,17H,11H2,1-4H3,(H,20,22)(H,21,23). The van der Waals surface area contributed by atoms with Crippen LogP contribution in [-0.4, -0.2) is 17.9 Å². The Kier molecular flexibility index (Phi) is 6.58. The van der Waals surface area contributed by atoms with Crippen molar-refractivity contribution in [3.63, 3.8) is 0 Å². The third kappa shape index (κ3) is 5.90. The van der Waals surface area contributed by atoms with Crippen LogP contribution in [-0.2, 0) is 9.59 Å². The molecule has 1 aromatic carbocycles. The summed E-state index contributed by atoms with van der Waals surface area (Å²) in [5, 5.41) is 7.68. The lowest BCUT2D eigenvalue weighted by Gasteiger charge is -2.17. The molecule has 2 rings (SSSR count). The van der Waals surface area contributed by atoms with Crippen LogP contribution in [0.2, 0.25) is 0 Å². The number of anilines is 1. The van der Waals surface area contributed by atoms with Gasteiger partial charge in [-0.25, -0.2) is 0 Å². The third-order valence-electron chi connectivity index (χ3n) is 3.50. The molecule has 2 N–H and O–H groups in total. The quantitative estimate of drug-likeness (QED) is 0.783. The maximum Gasteiger partial charge on any atom is 0.226 e. The first-order valence-corrected chi connectivity index (χ1v) is 9.10. The van der Waals surface area contributed by atoms with Gasteiger partial charge < -0.3 is 15.4 Å². The summed E-state index contributed by atoms with van der Waals surface area (Å²) in [4.78, 5) is 24.8. The van der Waals surface area contributed by atoms with Crippen molar-refractivity contribution in [3.05, 3.63) is 46.2 Å². The van der Waals surface area contributed by atoms with Crippen molar-refractivity contribution in [1.82, 2.24) is 5.32 Å². The maximum atomic E-state index is 12.4. The molecule has 0 saturated carbocycles. The van der Waals surface area contributed by atoms with Crippen LogP contribution in [0.5, 0.6) is 5.75 Å². The van der Waals surface area contributed by atoms with Gasteiger partial charge in [-0.15, -0.1) is 11.3 Å². The van der Waals surface area contributed by atoms with E-state index in [9.17, 15) is 9.59 Å². The molecular weight excluding hydrogens is 336 g/mol. The van der Waals surface area contributed by atoms with E-state index in [4.69, 9.17) is 4.74 Å². The summed E-state index contributed by atoms with van der Waals surface area (Å²) in [6.07, 6.45) is 0.285. The lowest BCUT2D eigenvalue weighted by Crippen LogP contribution is -2.29. The molecule has 2 amide bonds. The summed E-state index contributed by atoms with van der Waals surface area (Å²) >= 11 is 1.52. The minimum absolute atomic E-state index is 0.101. The zero-order valence-electron chi connectivity index (χ0n) is 15.0. The fraction of sp³-hybridized carbons (Fsp3) is 0.368. The number of amides is 2. The minimum Gasteiger partial charge on any atom is -0.491 e. The van der Waals surface area contributed by atoms with Crippen LogP contribution in [0.4, 0.5) is 5.69 Å². The number of benzene rings is 1. The molecule has 0 fully saturated rings. The van der Waals surface area contributed by atoms with E-state index in [0.717, 1.165) is 21.9 Å². The number of ether oxygens (including phenoxy) is 1. The summed E-state index contributed by atoms with van der Waals surface area (Å²) in [5.74, 6) is 0.477. The molecule has 2 aromatic rings. The number of hydrogen-bond acceptors (Lipinski definition) is 4. The van der Waals surface area contributed by atoms with Gasteiger partial charge in [-0.3, -0.25) is 9.59 Å². The van der Waals surface area contributed by atoms with Gasteiger partial charge in [0.05, 0.1) is 18.6 Å². The predicted octanol–water partition coefficient (Wildman–Crippen LogP) is 4.05. The van der Waals surface area contributed by atoms with Gasteiger partial charge in [-0.05, 0) is 56.0 Å². The number of thiophene rings is 1. The van der Waals surface area contributed by atoms with Crippen LogP contribution in [0.25, 0.3) is 0 Å². The van der Waals surface area contributed by atoms with E-state index in [1.807, 2.05) is 56.5 Å². The third-order valence-corrected chi connectivity index (χ3v) is 4.48. The van der Waals surface area contributed by atoms with Crippen LogP contribution >= 0.6 is 11.3 Å². The van der Waals surface area contributed by atoms with E-state index in [1.165, 1.54) is 18.3 Å². The zero-order chi connectivity index (χ0) is 18.4. The molecular formula is C19H24N2O3S. The SMILES string of the molecule is CC(=O)NC(CC(=O)Nc1ccc(OC(C)C)cc1C)c1cccs1. The predicted molar refractivity (Wildman–Crippen MR) is 101 cm³/mol. The van der Waals surface area contributed by atoms with Crippen molar-refractivity contribution in [2.45, 2.75) is 46.3 Å². The lowest BCUT2D eigenvalue weighted by atomic mass is 10.1. The summed E-state index contributed by atoms with van der Waals surface area (Å²) in [6, 6.07) is 9.09. The van der Waals surface area contributed by atoms with Gasteiger partial charge in [0, 0.05) is 17.5 Å². The van der Waals surface area contributed by atoms with E-state index in [1.54, 1.807) is 0 Å². The molecule has 0 spiro atoms. The first kappa shape index (κ1) is 19.0. The summed E-state index contributed by atoms with van der Waals surface area (Å²) in [7, 11) is 0. The molecule has 0 aliphatic carbocycles. The van der Waals surface area contributed by atoms with Gasteiger partial charge in [-0.2, -0.15) is 0 Å². The van der Waals surface area contributed by atoms with Gasteiger partial charge in [0.1, 0.15) is 5.75 Å². The zero-order valence-corrected chi connectivity index (χ0v) is 15.8. The summed E-state index contributed by atoms with van der Waals surface area (Å²) < 4.78 is 5.65. The van der Waals surface area contributed by atoms with Gasteiger partial charge in [-0.1, -0.05) is 6.07 Å². The fourth-order valence-electron chi connectivity index (χ4n) is 2.47. The molecule has 25 heavy (non-hydrogen) atoms. The van der Waals surface area contributed by atoms with Crippen LogP contribution in [0.1, 0.15) is 43.7 Å². The van der Waals surface area contributed by atoms with E-state index in [0.29, 0.717) is 0 Å². The van der Waals surface area contributed by atoms with Crippen molar-refractivity contribution in [3.8, 4) is 5.75 Å². The monoisotopic (exact) mass is 360 g/mol. The Hall–Kier alpha value is -2.34. The minimum atomic E-state index is -0.318. The van der Waals surface area contributed by atoms with E-state index < -0.39 is 0 Å². The largest absolute Gasteiger partial charge is 0.491 e. The van der Waals surface area contributed by atoms with Crippen molar-refractivity contribution in [1.29, 1.82) is 0 Å². The van der Waals surface area contributed by atoms with Crippen LogP contribution < -0.4 is 15.4 Å². The fourth-order valence-corrected chi connectivity index (χ4v) is 3.24. The molecule has 134 valence electrons. The number of carbonyl (C=O) groups excluding carboxylic acids is 2. The van der Waals surface area contributed by atoms with Crippen molar-refractivity contribution in [2.24, 2.45) is 0 Å². The van der Waals surface area contributed by atoms with Crippen LogP contribution in [0, 0.1) is 6.92 Å². The highest BCUT2D eigenvalue weighted by molar-refractivity contribution is 7.10. The Labute approximate surface area is 152 Å². The average Bonchev–Trinajstić information content (AvgIpc) is 3.02. The van der Waals surface area contributed by atoms with Gasteiger partial charge in [0.25, 0.3) is 0 Å². The number of hydrogen-bond donors (Lipinski definition) is 2. The molecule has 1 heterocycles. The summed E-state index contributed by atoms with van der Waals surface area (Å²) in [6.45, 7) is 7.32. The topological polar surface area (TPSA) is 67.4 Å². The second-order valence-corrected chi connectivity index (χ2v) is 7.14. The second-order valence-electron chi connectivity index (χ2n) is 6.16. The van der Waals surface area contributed by atoms with Crippen molar-refractivity contribution in [2.75, 3.05) is 5.32 Å². The van der Waals surface area contributed by atoms with Gasteiger partial charge in [0.2, 0.25) is 11.8 Å². The molecule has 0 aliphatic heterocycles. The smallest absolute Gasteiger partial charge is 0.226 e. The molecule has 1 aromatic heterocycles. The van der Waals surface area contributed by atoms with Crippen LogP contribution in [0.3, 0.4) is 0 Å². The average molecular weight is 360 g/mol. The normalized spacial score (nSPS) is 11.9. The summed E-state index contributed by atoms with van der Waals surface area (Å²) in [5.41, 5.74) is 1.67.